The predicted molar refractivity (Wildman–Crippen MR) is 83.1 cm³/mol. The Labute approximate surface area is 124 Å². The van der Waals surface area contributed by atoms with Gasteiger partial charge in [-0.2, -0.15) is 0 Å². The van der Waals surface area contributed by atoms with Crippen molar-refractivity contribution >= 4 is 17.3 Å². The zero-order valence-corrected chi connectivity index (χ0v) is 12.6. The van der Waals surface area contributed by atoms with Gasteiger partial charge in [0.2, 0.25) is 0 Å². The number of furan rings is 1. The molecule has 0 saturated heterocycles. The van der Waals surface area contributed by atoms with Gasteiger partial charge in [0.25, 0.3) is 0 Å². The van der Waals surface area contributed by atoms with Gasteiger partial charge in [-0.3, -0.25) is 4.98 Å². The summed E-state index contributed by atoms with van der Waals surface area (Å²) in [5, 5.41) is 4.01. The molecule has 0 aromatic carbocycles. The molecule has 1 N–H and O–H groups in total. The molecule has 2 aromatic heterocycles. The smallest absolute Gasteiger partial charge is 0.169 e. The van der Waals surface area contributed by atoms with Gasteiger partial charge in [0, 0.05) is 25.0 Å². The fourth-order valence-electron chi connectivity index (χ4n) is 1.84. The highest BCUT2D eigenvalue weighted by molar-refractivity contribution is 7.80. The number of aromatic nitrogens is 1. The number of rotatable bonds is 5. The number of pyridine rings is 1. The maximum absolute atomic E-state index is 5.48. The van der Waals surface area contributed by atoms with Gasteiger partial charge in [0.1, 0.15) is 5.76 Å². The highest BCUT2D eigenvalue weighted by Gasteiger charge is 2.13. The van der Waals surface area contributed by atoms with Crippen LogP contribution in [0.5, 0.6) is 0 Å². The van der Waals surface area contributed by atoms with E-state index < -0.39 is 0 Å². The van der Waals surface area contributed by atoms with Crippen molar-refractivity contribution in [1.82, 2.24) is 15.2 Å². The fraction of sp³-hybridized carbons (Fsp3) is 0.333. The lowest BCUT2D eigenvalue weighted by atomic mass is 10.2. The van der Waals surface area contributed by atoms with Crippen LogP contribution in [0.15, 0.2) is 47.3 Å². The van der Waals surface area contributed by atoms with Crippen molar-refractivity contribution in [3.05, 3.63) is 54.2 Å². The van der Waals surface area contributed by atoms with E-state index in [2.05, 4.69) is 29.0 Å². The molecular weight excluding hydrogens is 270 g/mol. The molecule has 2 heterocycles. The van der Waals surface area contributed by atoms with E-state index in [4.69, 9.17) is 16.6 Å². The van der Waals surface area contributed by atoms with E-state index in [9.17, 15) is 0 Å². The third-order valence-electron chi connectivity index (χ3n) is 2.75. The summed E-state index contributed by atoms with van der Waals surface area (Å²) < 4.78 is 5.42. The van der Waals surface area contributed by atoms with Gasteiger partial charge in [0.05, 0.1) is 12.8 Å². The maximum Gasteiger partial charge on any atom is 0.169 e. The Morgan fingerprint density at radius 3 is 2.65 bits per heavy atom. The Kier molecular flexibility index (Phi) is 5.12. The molecule has 0 spiro atoms. The van der Waals surface area contributed by atoms with Gasteiger partial charge < -0.3 is 14.6 Å². The van der Waals surface area contributed by atoms with Crippen molar-refractivity contribution in [2.45, 2.75) is 33.0 Å². The topological polar surface area (TPSA) is 41.3 Å². The monoisotopic (exact) mass is 289 g/mol. The highest BCUT2D eigenvalue weighted by atomic mass is 32.1. The first kappa shape index (κ1) is 14.5. The summed E-state index contributed by atoms with van der Waals surface area (Å²) in [7, 11) is 0. The SMILES string of the molecule is CC(C)NC(=S)N(Cc1ccncc1)Cc1ccco1. The lowest BCUT2D eigenvalue weighted by molar-refractivity contribution is 0.349. The highest BCUT2D eigenvalue weighted by Crippen LogP contribution is 2.10. The molecular formula is C15H19N3OS. The third-order valence-corrected chi connectivity index (χ3v) is 3.13. The molecule has 2 aromatic rings. The average molecular weight is 289 g/mol. The van der Waals surface area contributed by atoms with Crippen LogP contribution >= 0.6 is 12.2 Å². The standard InChI is InChI=1S/C15H19N3OS/c1-12(2)17-15(20)18(11-14-4-3-9-19-14)10-13-5-7-16-8-6-13/h3-9,12H,10-11H2,1-2H3,(H,17,20). The maximum atomic E-state index is 5.48. The van der Waals surface area contributed by atoms with Crippen LogP contribution in [0, 0.1) is 0 Å². The molecule has 20 heavy (non-hydrogen) atoms. The average Bonchev–Trinajstić information content (AvgIpc) is 2.91. The lowest BCUT2D eigenvalue weighted by Gasteiger charge is -2.26. The van der Waals surface area contributed by atoms with Crippen LogP contribution in [0.1, 0.15) is 25.2 Å². The summed E-state index contributed by atoms with van der Waals surface area (Å²) in [5.41, 5.74) is 1.17. The molecule has 0 bridgehead atoms. The molecule has 0 amide bonds. The van der Waals surface area contributed by atoms with Gasteiger partial charge in [-0.15, -0.1) is 0 Å². The fourth-order valence-corrected chi connectivity index (χ4v) is 2.20. The van der Waals surface area contributed by atoms with Crippen LogP contribution < -0.4 is 5.32 Å². The van der Waals surface area contributed by atoms with Crippen molar-refractivity contribution < 1.29 is 4.42 Å². The minimum Gasteiger partial charge on any atom is -0.467 e. The van der Waals surface area contributed by atoms with Crippen LogP contribution in [-0.2, 0) is 13.1 Å². The Balaban J connectivity index is 2.09. The first-order valence-corrected chi connectivity index (χ1v) is 7.02. The first-order chi connectivity index (χ1) is 9.65. The Bertz CT molecular complexity index is 525. The van der Waals surface area contributed by atoms with Crippen LogP contribution in [0.2, 0.25) is 0 Å². The summed E-state index contributed by atoms with van der Waals surface area (Å²) in [5.74, 6) is 0.895. The molecule has 0 aliphatic rings. The third kappa shape index (κ3) is 4.35. The Morgan fingerprint density at radius 1 is 1.30 bits per heavy atom. The number of nitrogens with zero attached hydrogens (tertiary/aromatic N) is 2. The summed E-state index contributed by atoms with van der Waals surface area (Å²) in [4.78, 5) is 6.12. The second-order valence-corrected chi connectivity index (χ2v) is 5.28. The summed E-state index contributed by atoms with van der Waals surface area (Å²) in [6.07, 6.45) is 5.26. The normalized spacial score (nSPS) is 10.6. The van der Waals surface area contributed by atoms with Crippen molar-refractivity contribution in [2.24, 2.45) is 0 Å². The second-order valence-electron chi connectivity index (χ2n) is 4.90. The number of hydrogen-bond acceptors (Lipinski definition) is 3. The van der Waals surface area contributed by atoms with E-state index in [1.807, 2.05) is 24.3 Å². The zero-order valence-electron chi connectivity index (χ0n) is 11.7. The number of hydrogen-bond donors (Lipinski definition) is 1. The van der Waals surface area contributed by atoms with Gasteiger partial charge in [-0.25, -0.2) is 0 Å². The van der Waals surface area contributed by atoms with Crippen LogP contribution in [-0.4, -0.2) is 21.0 Å². The van der Waals surface area contributed by atoms with Crippen molar-refractivity contribution in [3.8, 4) is 0 Å². The van der Waals surface area contributed by atoms with E-state index >= 15 is 0 Å². The largest absolute Gasteiger partial charge is 0.467 e. The molecule has 0 radical (unpaired) electrons. The Hall–Kier alpha value is -1.88. The molecule has 2 rings (SSSR count). The Morgan fingerprint density at radius 2 is 2.05 bits per heavy atom. The predicted octanol–water partition coefficient (Wildman–Crippen LogP) is 2.96. The second kappa shape index (κ2) is 7.05. The van der Waals surface area contributed by atoms with Crippen molar-refractivity contribution in [1.29, 1.82) is 0 Å². The molecule has 0 saturated carbocycles. The number of thiocarbonyl (C=S) groups is 1. The molecule has 0 unspecified atom stereocenters. The van der Waals surface area contributed by atoms with Crippen molar-refractivity contribution in [3.63, 3.8) is 0 Å². The van der Waals surface area contributed by atoms with E-state index in [0.717, 1.165) is 17.4 Å². The molecule has 0 aliphatic carbocycles. The molecule has 0 aliphatic heterocycles. The summed E-state index contributed by atoms with van der Waals surface area (Å²) in [6, 6.07) is 8.13. The number of nitrogens with one attached hydrogen (secondary N) is 1. The van der Waals surface area contributed by atoms with Gasteiger partial charge in [-0.05, 0) is 55.9 Å². The summed E-state index contributed by atoms with van der Waals surface area (Å²) in [6.45, 7) is 5.52. The van der Waals surface area contributed by atoms with Gasteiger partial charge in [0.15, 0.2) is 5.11 Å². The van der Waals surface area contributed by atoms with Crippen LogP contribution in [0.25, 0.3) is 0 Å². The zero-order chi connectivity index (χ0) is 14.4. The minimum atomic E-state index is 0.305. The summed E-state index contributed by atoms with van der Waals surface area (Å²) >= 11 is 5.48. The van der Waals surface area contributed by atoms with E-state index in [1.54, 1.807) is 18.7 Å². The van der Waals surface area contributed by atoms with Crippen LogP contribution in [0.4, 0.5) is 0 Å². The van der Waals surface area contributed by atoms with E-state index in [1.165, 1.54) is 5.56 Å². The van der Waals surface area contributed by atoms with E-state index in [0.29, 0.717) is 12.6 Å². The van der Waals surface area contributed by atoms with Crippen molar-refractivity contribution in [2.75, 3.05) is 0 Å². The molecule has 0 atom stereocenters. The first-order valence-electron chi connectivity index (χ1n) is 6.62. The molecule has 5 heteroatoms. The quantitative estimate of drug-likeness (QED) is 0.857. The van der Waals surface area contributed by atoms with Crippen LogP contribution in [0.3, 0.4) is 0 Å². The molecule has 106 valence electrons. The molecule has 4 nitrogen and oxygen atoms in total. The van der Waals surface area contributed by atoms with E-state index in [-0.39, 0.29) is 0 Å². The lowest BCUT2D eigenvalue weighted by Crippen LogP contribution is -2.41. The molecule has 0 fully saturated rings. The minimum absolute atomic E-state index is 0.305. The van der Waals surface area contributed by atoms with Gasteiger partial charge >= 0.3 is 0 Å². The van der Waals surface area contributed by atoms with Gasteiger partial charge in [-0.1, -0.05) is 0 Å².